The highest BCUT2D eigenvalue weighted by molar-refractivity contribution is 5.28. The molecule has 0 bridgehead atoms. The Bertz CT molecular complexity index is 358. The van der Waals surface area contributed by atoms with Crippen LogP contribution < -0.4 is 15.4 Å². The van der Waals surface area contributed by atoms with Gasteiger partial charge in [0.15, 0.2) is 0 Å². The van der Waals surface area contributed by atoms with Crippen LogP contribution in [0, 0.1) is 0 Å². The van der Waals surface area contributed by atoms with Gasteiger partial charge in [-0.3, -0.25) is 0 Å². The van der Waals surface area contributed by atoms with Crippen molar-refractivity contribution >= 4 is 0 Å². The summed E-state index contributed by atoms with van der Waals surface area (Å²) < 4.78 is 5.22. The average Bonchev–Trinajstić information content (AvgIpc) is 2.36. The third kappa shape index (κ3) is 7.85. The summed E-state index contributed by atoms with van der Waals surface area (Å²) in [4.78, 5) is 0. The van der Waals surface area contributed by atoms with Crippen molar-refractivity contribution in [1.29, 1.82) is 0 Å². The van der Waals surface area contributed by atoms with Crippen molar-refractivity contribution in [1.82, 2.24) is 10.6 Å². The molecule has 0 spiro atoms. The van der Waals surface area contributed by atoms with Gasteiger partial charge in [0.2, 0.25) is 0 Å². The maximum absolute atomic E-state index is 5.22. The highest BCUT2D eigenvalue weighted by Gasteiger charge is 2.06. The van der Waals surface area contributed by atoms with E-state index in [1.54, 1.807) is 7.11 Å². The van der Waals surface area contributed by atoms with E-state index >= 15 is 0 Å². The quantitative estimate of drug-likeness (QED) is 0.708. The molecular formula is C16H28N2O. The van der Waals surface area contributed by atoms with E-state index in [2.05, 4.69) is 43.5 Å². The van der Waals surface area contributed by atoms with E-state index in [1.807, 2.05) is 12.1 Å². The summed E-state index contributed by atoms with van der Waals surface area (Å²) in [6, 6.07) is 8.27. The van der Waals surface area contributed by atoms with Gasteiger partial charge in [-0.25, -0.2) is 0 Å². The Labute approximate surface area is 117 Å². The van der Waals surface area contributed by atoms with Gasteiger partial charge in [-0.1, -0.05) is 12.1 Å². The second kappa shape index (κ2) is 8.18. The minimum absolute atomic E-state index is 0.223. The highest BCUT2D eigenvalue weighted by Crippen LogP contribution is 2.12. The van der Waals surface area contributed by atoms with Crippen molar-refractivity contribution < 1.29 is 4.74 Å². The molecule has 0 atom stereocenters. The molecule has 0 saturated carbocycles. The van der Waals surface area contributed by atoms with Gasteiger partial charge >= 0.3 is 0 Å². The molecule has 1 aromatic rings. The van der Waals surface area contributed by atoms with Crippen molar-refractivity contribution in [3.63, 3.8) is 0 Å². The Balaban J connectivity index is 2.07. The molecule has 0 unspecified atom stereocenters. The minimum atomic E-state index is 0.223. The normalized spacial score (nSPS) is 11.6. The van der Waals surface area contributed by atoms with Gasteiger partial charge in [0.25, 0.3) is 0 Å². The molecule has 0 heterocycles. The molecule has 3 heteroatoms. The number of benzene rings is 1. The van der Waals surface area contributed by atoms with Crippen LogP contribution in [0.5, 0.6) is 5.75 Å². The van der Waals surface area contributed by atoms with Crippen LogP contribution in [0.15, 0.2) is 24.3 Å². The summed E-state index contributed by atoms with van der Waals surface area (Å²) in [7, 11) is 1.71. The van der Waals surface area contributed by atoms with E-state index in [-0.39, 0.29) is 5.54 Å². The van der Waals surface area contributed by atoms with Crippen LogP contribution in [0.25, 0.3) is 0 Å². The second-order valence-corrected chi connectivity index (χ2v) is 5.88. The molecule has 0 aliphatic rings. The van der Waals surface area contributed by atoms with Gasteiger partial charge in [0.05, 0.1) is 7.11 Å². The highest BCUT2D eigenvalue weighted by atomic mass is 16.5. The molecule has 108 valence electrons. The maximum Gasteiger partial charge on any atom is 0.119 e. The fourth-order valence-electron chi connectivity index (χ4n) is 1.86. The summed E-state index contributed by atoms with van der Waals surface area (Å²) in [5.41, 5.74) is 1.54. The van der Waals surface area contributed by atoms with Crippen molar-refractivity contribution in [2.75, 3.05) is 26.7 Å². The smallest absolute Gasteiger partial charge is 0.119 e. The lowest BCUT2D eigenvalue weighted by Crippen LogP contribution is -2.37. The standard InChI is InChI=1S/C16H28N2O/c1-16(2,3)18-11-6-10-17-12-9-14-7-5-8-15(13-14)19-4/h5,7-8,13,17-18H,6,9-12H2,1-4H3. The first-order chi connectivity index (χ1) is 9.01. The summed E-state index contributed by atoms with van der Waals surface area (Å²) in [6.07, 6.45) is 2.21. The molecule has 2 N–H and O–H groups in total. The molecule has 0 aliphatic heterocycles. The average molecular weight is 264 g/mol. The summed E-state index contributed by atoms with van der Waals surface area (Å²) in [5, 5.41) is 6.97. The van der Waals surface area contributed by atoms with Crippen LogP contribution in [-0.4, -0.2) is 32.3 Å². The van der Waals surface area contributed by atoms with Gasteiger partial charge in [-0.05, 0) is 70.9 Å². The van der Waals surface area contributed by atoms with E-state index in [4.69, 9.17) is 4.74 Å². The van der Waals surface area contributed by atoms with Crippen molar-refractivity contribution in [2.24, 2.45) is 0 Å². The number of hydrogen-bond acceptors (Lipinski definition) is 3. The largest absolute Gasteiger partial charge is 0.497 e. The molecule has 0 aromatic heterocycles. The molecular weight excluding hydrogens is 236 g/mol. The summed E-state index contributed by atoms with van der Waals surface area (Å²) in [6.45, 7) is 9.74. The third-order valence-electron chi connectivity index (χ3n) is 2.91. The Kier molecular flexibility index (Phi) is 6.89. The Morgan fingerprint density at radius 1 is 1.11 bits per heavy atom. The number of nitrogens with one attached hydrogen (secondary N) is 2. The van der Waals surface area contributed by atoms with E-state index in [9.17, 15) is 0 Å². The molecule has 0 amide bonds. The van der Waals surface area contributed by atoms with E-state index in [0.717, 1.165) is 38.2 Å². The van der Waals surface area contributed by atoms with Crippen LogP contribution in [0.4, 0.5) is 0 Å². The number of rotatable bonds is 8. The van der Waals surface area contributed by atoms with E-state index < -0.39 is 0 Å². The topological polar surface area (TPSA) is 33.3 Å². The van der Waals surface area contributed by atoms with E-state index in [0.29, 0.717) is 0 Å². The third-order valence-corrected chi connectivity index (χ3v) is 2.91. The molecule has 1 rings (SSSR count). The lowest BCUT2D eigenvalue weighted by atomic mass is 10.1. The molecule has 0 fully saturated rings. The molecule has 3 nitrogen and oxygen atoms in total. The van der Waals surface area contributed by atoms with Crippen molar-refractivity contribution in [2.45, 2.75) is 39.2 Å². The van der Waals surface area contributed by atoms with Crippen LogP contribution in [-0.2, 0) is 6.42 Å². The predicted octanol–water partition coefficient (Wildman–Crippen LogP) is 2.61. The fraction of sp³-hybridized carbons (Fsp3) is 0.625. The summed E-state index contributed by atoms with van der Waals surface area (Å²) >= 11 is 0. The number of ether oxygens (including phenoxy) is 1. The van der Waals surface area contributed by atoms with E-state index in [1.165, 1.54) is 5.56 Å². The molecule has 1 aromatic carbocycles. The first-order valence-electron chi connectivity index (χ1n) is 7.10. The molecule has 0 radical (unpaired) electrons. The van der Waals surface area contributed by atoms with Crippen LogP contribution in [0.3, 0.4) is 0 Å². The van der Waals surface area contributed by atoms with Crippen LogP contribution in [0.2, 0.25) is 0 Å². The zero-order valence-electron chi connectivity index (χ0n) is 12.8. The zero-order valence-corrected chi connectivity index (χ0v) is 12.8. The summed E-state index contributed by atoms with van der Waals surface area (Å²) in [5.74, 6) is 0.937. The molecule has 0 saturated heterocycles. The first-order valence-corrected chi connectivity index (χ1v) is 7.10. The first kappa shape index (κ1) is 16.0. The lowest BCUT2D eigenvalue weighted by Gasteiger charge is -2.20. The fourth-order valence-corrected chi connectivity index (χ4v) is 1.86. The molecule has 19 heavy (non-hydrogen) atoms. The second-order valence-electron chi connectivity index (χ2n) is 5.88. The van der Waals surface area contributed by atoms with Gasteiger partial charge in [0, 0.05) is 5.54 Å². The van der Waals surface area contributed by atoms with Gasteiger partial charge in [0.1, 0.15) is 5.75 Å². The van der Waals surface area contributed by atoms with Crippen LogP contribution >= 0.6 is 0 Å². The minimum Gasteiger partial charge on any atom is -0.497 e. The Morgan fingerprint density at radius 3 is 2.58 bits per heavy atom. The van der Waals surface area contributed by atoms with Crippen LogP contribution in [0.1, 0.15) is 32.8 Å². The predicted molar refractivity (Wildman–Crippen MR) is 81.9 cm³/mol. The number of methoxy groups -OCH3 is 1. The monoisotopic (exact) mass is 264 g/mol. The van der Waals surface area contributed by atoms with Crippen molar-refractivity contribution in [3.05, 3.63) is 29.8 Å². The van der Waals surface area contributed by atoms with Gasteiger partial charge in [-0.2, -0.15) is 0 Å². The maximum atomic E-state index is 5.22. The Hall–Kier alpha value is -1.06. The van der Waals surface area contributed by atoms with Gasteiger partial charge in [-0.15, -0.1) is 0 Å². The lowest BCUT2D eigenvalue weighted by molar-refractivity contribution is 0.414. The number of hydrogen-bond donors (Lipinski definition) is 2. The Morgan fingerprint density at radius 2 is 1.89 bits per heavy atom. The SMILES string of the molecule is COc1cccc(CCNCCCNC(C)(C)C)c1. The van der Waals surface area contributed by atoms with Crippen molar-refractivity contribution in [3.8, 4) is 5.75 Å². The molecule has 0 aliphatic carbocycles. The zero-order chi connectivity index (χ0) is 14.1. The van der Waals surface area contributed by atoms with Gasteiger partial charge < -0.3 is 15.4 Å².